The van der Waals surface area contributed by atoms with Gasteiger partial charge in [0.2, 0.25) is 0 Å². The summed E-state index contributed by atoms with van der Waals surface area (Å²) in [7, 11) is -4.62. The van der Waals surface area contributed by atoms with Gasteiger partial charge >= 0.3 is 5.97 Å². The van der Waals surface area contributed by atoms with Crippen molar-refractivity contribution in [1.82, 2.24) is 0 Å². The molecule has 0 saturated carbocycles. The average Bonchev–Trinajstić information content (AvgIpc) is 2.60. The van der Waals surface area contributed by atoms with E-state index < -0.39 is 21.5 Å². The zero-order chi connectivity index (χ0) is 19.1. The molecule has 136 valence electrons. The standard InChI is InChI=1S/C20H20O5S/c1-4-20(2,3)19(21)25-18-16-8-6-5-7-13(16)11-14-9-10-15(12-17(14)18)26(22,23)24/h5-12H,4H2,1-3H3,(H,22,23,24)/p-1. The molecule has 0 amide bonds. The van der Waals surface area contributed by atoms with Crippen molar-refractivity contribution in [2.75, 3.05) is 0 Å². The molecule has 0 aromatic heterocycles. The Labute approximate surface area is 152 Å². The van der Waals surface area contributed by atoms with E-state index in [0.717, 1.165) is 5.39 Å². The fraction of sp³-hybridized carbons (Fsp3) is 0.250. The molecule has 3 aromatic carbocycles. The topological polar surface area (TPSA) is 83.5 Å². The van der Waals surface area contributed by atoms with E-state index in [2.05, 4.69) is 0 Å². The van der Waals surface area contributed by atoms with Crippen LogP contribution in [-0.4, -0.2) is 18.9 Å². The van der Waals surface area contributed by atoms with Crippen molar-refractivity contribution in [1.29, 1.82) is 0 Å². The molecule has 0 aliphatic rings. The minimum absolute atomic E-state index is 0.273. The van der Waals surface area contributed by atoms with Crippen LogP contribution in [0.1, 0.15) is 27.2 Å². The summed E-state index contributed by atoms with van der Waals surface area (Å²) >= 11 is 0. The van der Waals surface area contributed by atoms with Crippen molar-refractivity contribution in [3.8, 4) is 5.75 Å². The molecule has 0 unspecified atom stereocenters. The zero-order valence-electron chi connectivity index (χ0n) is 14.8. The smallest absolute Gasteiger partial charge is 0.316 e. The molecule has 0 radical (unpaired) electrons. The van der Waals surface area contributed by atoms with Crippen LogP contribution in [-0.2, 0) is 14.9 Å². The summed E-state index contributed by atoms with van der Waals surface area (Å²) in [5.41, 5.74) is -0.689. The van der Waals surface area contributed by atoms with Gasteiger partial charge in [-0.05, 0) is 49.2 Å². The lowest BCUT2D eigenvalue weighted by molar-refractivity contribution is -0.143. The van der Waals surface area contributed by atoms with Gasteiger partial charge in [0.1, 0.15) is 15.9 Å². The Morgan fingerprint density at radius 2 is 1.69 bits per heavy atom. The van der Waals surface area contributed by atoms with Crippen LogP contribution >= 0.6 is 0 Å². The number of hydrogen-bond donors (Lipinski definition) is 0. The predicted molar refractivity (Wildman–Crippen MR) is 99.1 cm³/mol. The molecule has 0 N–H and O–H groups in total. The van der Waals surface area contributed by atoms with Crippen molar-refractivity contribution in [2.45, 2.75) is 32.1 Å². The summed E-state index contributed by atoms with van der Waals surface area (Å²) < 4.78 is 40.0. The Bertz CT molecular complexity index is 1110. The second-order valence-corrected chi connectivity index (χ2v) is 8.27. The highest BCUT2D eigenvalue weighted by atomic mass is 32.2. The second kappa shape index (κ2) is 6.37. The van der Waals surface area contributed by atoms with Crippen molar-refractivity contribution >= 4 is 37.6 Å². The van der Waals surface area contributed by atoms with E-state index in [1.165, 1.54) is 12.1 Å². The third-order valence-corrected chi connectivity index (χ3v) is 5.54. The highest BCUT2D eigenvalue weighted by Crippen LogP contribution is 2.37. The molecule has 0 atom stereocenters. The molecular formula is C20H19O5S-. The predicted octanol–water partition coefficient (Wildman–Crippen LogP) is 4.24. The lowest BCUT2D eigenvalue weighted by Crippen LogP contribution is -2.28. The molecule has 26 heavy (non-hydrogen) atoms. The molecule has 0 spiro atoms. The largest absolute Gasteiger partial charge is 0.744 e. The normalized spacial score (nSPS) is 12.5. The first-order chi connectivity index (χ1) is 12.1. The van der Waals surface area contributed by atoms with Gasteiger partial charge in [-0.2, -0.15) is 0 Å². The summed E-state index contributed by atoms with van der Waals surface area (Å²) in [5, 5.41) is 2.64. The summed E-state index contributed by atoms with van der Waals surface area (Å²) in [5.74, 6) is -0.136. The molecule has 0 bridgehead atoms. The van der Waals surface area contributed by atoms with Gasteiger partial charge in [0, 0.05) is 10.8 Å². The van der Waals surface area contributed by atoms with Gasteiger partial charge in [0.15, 0.2) is 0 Å². The van der Waals surface area contributed by atoms with Gasteiger partial charge in [-0.25, -0.2) is 8.42 Å². The molecule has 6 heteroatoms. The Balaban J connectivity index is 2.32. The zero-order valence-corrected chi connectivity index (χ0v) is 15.6. The minimum Gasteiger partial charge on any atom is -0.744 e. The first-order valence-electron chi connectivity index (χ1n) is 8.27. The molecule has 0 aliphatic carbocycles. The summed E-state index contributed by atoms with van der Waals surface area (Å²) in [6.07, 6.45) is 0.592. The molecular weight excluding hydrogens is 352 g/mol. The Morgan fingerprint density at radius 1 is 1.04 bits per heavy atom. The number of rotatable bonds is 4. The monoisotopic (exact) mass is 371 g/mol. The number of fused-ring (bicyclic) bond motifs is 2. The van der Waals surface area contributed by atoms with Gasteiger partial charge in [-0.1, -0.05) is 37.3 Å². The molecule has 3 rings (SSSR count). The van der Waals surface area contributed by atoms with E-state index in [1.54, 1.807) is 26.0 Å². The number of ether oxygens (including phenoxy) is 1. The maximum atomic E-state index is 12.6. The Kier molecular flexibility index (Phi) is 4.50. The van der Waals surface area contributed by atoms with Crippen molar-refractivity contribution in [2.24, 2.45) is 5.41 Å². The van der Waals surface area contributed by atoms with E-state index in [4.69, 9.17) is 4.74 Å². The minimum atomic E-state index is -4.62. The lowest BCUT2D eigenvalue weighted by atomic mass is 9.90. The number of esters is 1. The van der Waals surface area contributed by atoms with E-state index in [1.807, 2.05) is 31.2 Å². The lowest BCUT2D eigenvalue weighted by Gasteiger charge is -2.22. The van der Waals surface area contributed by atoms with Gasteiger partial charge in [-0.15, -0.1) is 0 Å². The molecule has 0 saturated heterocycles. The van der Waals surface area contributed by atoms with Crippen LogP contribution in [0.15, 0.2) is 53.4 Å². The third kappa shape index (κ3) is 3.30. The van der Waals surface area contributed by atoms with Gasteiger partial charge < -0.3 is 9.29 Å². The highest BCUT2D eigenvalue weighted by Gasteiger charge is 2.28. The Morgan fingerprint density at radius 3 is 2.35 bits per heavy atom. The maximum Gasteiger partial charge on any atom is 0.316 e. The fourth-order valence-corrected chi connectivity index (χ4v) is 3.14. The fourth-order valence-electron chi connectivity index (χ4n) is 2.64. The van der Waals surface area contributed by atoms with Crippen molar-refractivity contribution in [3.63, 3.8) is 0 Å². The molecule has 5 nitrogen and oxygen atoms in total. The maximum absolute atomic E-state index is 12.6. The summed E-state index contributed by atoms with van der Waals surface area (Å²) in [6.45, 7) is 5.47. The van der Waals surface area contributed by atoms with Crippen molar-refractivity contribution < 1.29 is 22.5 Å². The van der Waals surface area contributed by atoms with Gasteiger partial charge in [0.25, 0.3) is 0 Å². The number of benzene rings is 3. The van der Waals surface area contributed by atoms with E-state index in [9.17, 15) is 17.8 Å². The second-order valence-electron chi connectivity index (χ2n) is 6.89. The third-order valence-electron chi connectivity index (χ3n) is 4.71. The molecule has 0 fully saturated rings. The Hall–Kier alpha value is -2.44. The first kappa shape index (κ1) is 18.4. The van der Waals surface area contributed by atoms with Crippen LogP contribution in [0.25, 0.3) is 21.5 Å². The average molecular weight is 371 g/mol. The molecule has 3 aromatic rings. The summed E-state index contributed by atoms with van der Waals surface area (Å²) in [6, 6.07) is 13.3. The van der Waals surface area contributed by atoms with Crippen LogP contribution in [0.4, 0.5) is 0 Å². The van der Waals surface area contributed by atoms with E-state index >= 15 is 0 Å². The number of carbonyl (C=O) groups excluding carboxylic acids is 1. The van der Waals surface area contributed by atoms with Crippen LogP contribution in [0.2, 0.25) is 0 Å². The van der Waals surface area contributed by atoms with Crippen LogP contribution in [0, 0.1) is 5.41 Å². The summed E-state index contributed by atoms with van der Waals surface area (Å²) in [4.78, 5) is 12.3. The number of hydrogen-bond acceptors (Lipinski definition) is 5. The van der Waals surface area contributed by atoms with Crippen LogP contribution in [0.5, 0.6) is 5.75 Å². The van der Waals surface area contributed by atoms with Crippen molar-refractivity contribution in [3.05, 3.63) is 48.5 Å². The quantitative estimate of drug-likeness (QED) is 0.296. The van der Waals surface area contributed by atoms with Gasteiger partial charge in [-0.3, -0.25) is 4.79 Å². The van der Waals surface area contributed by atoms with Crippen LogP contribution in [0.3, 0.4) is 0 Å². The van der Waals surface area contributed by atoms with E-state index in [0.29, 0.717) is 22.6 Å². The number of carbonyl (C=O) groups is 1. The SMILES string of the molecule is CCC(C)(C)C(=O)Oc1c2ccccc2cc2ccc(S(=O)(=O)[O-])cc12. The first-order valence-corrected chi connectivity index (χ1v) is 9.68. The van der Waals surface area contributed by atoms with Gasteiger partial charge in [0.05, 0.1) is 10.3 Å². The van der Waals surface area contributed by atoms with E-state index in [-0.39, 0.29) is 10.6 Å². The highest BCUT2D eigenvalue weighted by molar-refractivity contribution is 7.85. The van der Waals surface area contributed by atoms with Crippen LogP contribution < -0.4 is 4.74 Å². The molecule has 0 heterocycles. The molecule has 0 aliphatic heterocycles.